The van der Waals surface area contributed by atoms with Crippen molar-refractivity contribution in [3.63, 3.8) is 0 Å². The molecule has 11 heteroatoms. The Morgan fingerprint density at radius 1 is 1.23 bits per heavy atom. The molecule has 1 saturated heterocycles. The summed E-state index contributed by atoms with van der Waals surface area (Å²) < 4.78 is 35.9. The number of fused-ring (bicyclic) bond motifs is 1. The molecule has 2 aromatic heterocycles. The normalized spacial score (nSPS) is 16.8. The number of carbonyl (C=O) groups excluding carboxylic acids is 1. The van der Waals surface area contributed by atoms with Gasteiger partial charge < -0.3 is 9.30 Å². The molecule has 1 aromatic carbocycles. The first-order valence-corrected chi connectivity index (χ1v) is 13.3. The van der Waals surface area contributed by atoms with Crippen LogP contribution in [-0.4, -0.2) is 43.4 Å². The number of thiophene rings is 1. The maximum Gasteiger partial charge on any atom is 0.252 e. The van der Waals surface area contributed by atoms with Crippen LogP contribution in [0.15, 0.2) is 39.5 Å². The third-order valence-corrected chi connectivity index (χ3v) is 10.00. The minimum Gasteiger partial charge on any atom is -0.497 e. The molecule has 1 amide bonds. The smallest absolute Gasteiger partial charge is 0.252 e. The third kappa shape index (κ3) is 4.45. The van der Waals surface area contributed by atoms with Crippen molar-refractivity contribution in [1.29, 1.82) is 0 Å². The predicted molar refractivity (Wildman–Crippen MR) is 123 cm³/mol. The molecule has 3 aromatic rings. The van der Waals surface area contributed by atoms with Crippen LogP contribution in [0.1, 0.15) is 19.8 Å². The van der Waals surface area contributed by atoms with E-state index < -0.39 is 10.0 Å². The van der Waals surface area contributed by atoms with E-state index >= 15 is 0 Å². The molecular formula is C20H22ClN3O4S3. The second-order valence-electron chi connectivity index (χ2n) is 7.15. The standard InChI is InChI=1S/C20H22ClN3O4S3/c1-3-24-15-5-4-14(28-2)12-16(15)29-20(24)22-19(25)13-8-10-23(11-9-13)31(26,27)18-7-6-17(21)30-18/h4-7,12-13H,3,8-11H2,1-2H3. The van der Waals surface area contributed by atoms with Crippen molar-refractivity contribution in [3.8, 4) is 5.75 Å². The van der Waals surface area contributed by atoms with Gasteiger partial charge in [0, 0.05) is 25.6 Å². The molecule has 31 heavy (non-hydrogen) atoms. The van der Waals surface area contributed by atoms with Gasteiger partial charge in [-0.15, -0.1) is 11.3 Å². The first-order chi connectivity index (χ1) is 14.8. The summed E-state index contributed by atoms with van der Waals surface area (Å²) >= 11 is 8.39. The lowest BCUT2D eigenvalue weighted by Gasteiger charge is -2.29. The highest BCUT2D eigenvalue weighted by Crippen LogP contribution is 2.31. The van der Waals surface area contributed by atoms with Crippen LogP contribution in [0.25, 0.3) is 10.2 Å². The van der Waals surface area contributed by atoms with E-state index in [9.17, 15) is 13.2 Å². The Balaban J connectivity index is 1.52. The van der Waals surface area contributed by atoms with E-state index in [1.165, 1.54) is 21.7 Å². The molecule has 166 valence electrons. The van der Waals surface area contributed by atoms with Gasteiger partial charge in [0.2, 0.25) is 0 Å². The number of thiazole rings is 1. The summed E-state index contributed by atoms with van der Waals surface area (Å²) in [5, 5.41) is 0. The highest BCUT2D eigenvalue weighted by Gasteiger charge is 2.33. The number of methoxy groups -OCH3 is 1. The van der Waals surface area contributed by atoms with Crippen molar-refractivity contribution in [2.75, 3.05) is 20.2 Å². The van der Waals surface area contributed by atoms with E-state index in [-0.39, 0.29) is 16.0 Å². The van der Waals surface area contributed by atoms with Crippen LogP contribution in [0.2, 0.25) is 4.34 Å². The van der Waals surface area contributed by atoms with Gasteiger partial charge in [0.25, 0.3) is 15.9 Å². The second-order valence-corrected chi connectivity index (χ2v) is 12.0. The number of benzene rings is 1. The largest absolute Gasteiger partial charge is 0.497 e. The molecule has 0 N–H and O–H groups in total. The summed E-state index contributed by atoms with van der Waals surface area (Å²) in [6, 6.07) is 8.91. The fourth-order valence-electron chi connectivity index (χ4n) is 3.66. The number of amides is 1. The van der Waals surface area contributed by atoms with Gasteiger partial charge in [-0.3, -0.25) is 4.79 Å². The number of hydrogen-bond donors (Lipinski definition) is 0. The highest BCUT2D eigenvalue weighted by molar-refractivity contribution is 7.91. The molecule has 1 aliphatic heterocycles. The number of hydrogen-bond acceptors (Lipinski definition) is 6. The number of carbonyl (C=O) groups is 1. The molecule has 0 saturated carbocycles. The number of halogens is 1. The van der Waals surface area contributed by atoms with Gasteiger partial charge in [0.05, 0.1) is 21.7 Å². The number of piperidine rings is 1. The molecule has 3 heterocycles. The number of rotatable bonds is 5. The molecule has 0 bridgehead atoms. The zero-order valence-corrected chi connectivity index (χ0v) is 20.3. The highest BCUT2D eigenvalue weighted by atomic mass is 35.5. The van der Waals surface area contributed by atoms with Gasteiger partial charge in [-0.1, -0.05) is 22.9 Å². The first-order valence-electron chi connectivity index (χ1n) is 9.85. The molecule has 7 nitrogen and oxygen atoms in total. The van der Waals surface area contributed by atoms with Crippen LogP contribution >= 0.6 is 34.3 Å². The Morgan fingerprint density at radius 2 is 1.97 bits per heavy atom. The summed E-state index contributed by atoms with van der Waals surface area (Å²) in [6.07, 6.45) is 0.900. The number of sulfonamides is 1. The van der Waals surface area contributed by atoms with Crippen LogP contribution in [0.3, 0.4) is 0 Å². The quantitative estimate of drug-likeness (QED) is 0.532. The Hall–Kier alpha value is -1.72. The topological polar surface area (TPSA) is 81.0 Å². The van der Waals surface area contributed by atoms with Crippen molar-refractivity contribution in [3.05, 3.63) is 39.5 Å². The molecule has 0 atom stereocenters. The SMILES string of the molecule is CCn1c(=NC(=O)C2CCN(S(=O)(=O)c3ccc(Cl)s3)CC2)sc2cc(OC)ccc21. The average Bonchev–Trinajstić information content (AvgIpc) is 3.36. The Kier molecular flexibility index (Phi) is 6.55. The maximum absolute atomic E-state index is 12.9. The summed E-state index contributed by atoms with van der Waals surface area (Å²) in [7, 11) is -1.95. The molecule has 1 fully saturated rings. The van der Waals surface area contributed by atoms with Gasteiger partial charge in [-0.25, -0.2) is 8.42 Å². The lowest BCUT2D eigenvalue weighted by atomic mass is 9.98. The fraction of sp³-hybridized carbons (Fsp3) is 0.400. The van der Waals surface area contributed by atoms with Crippen LogP contribution < -0.4 is 9.54 Å². The molecule has 0 radical (unpaired) electrons. The van der Waals surface area contributed by atoms with Crippen molar-refractivity contribution in [1.82, 2.24) is 8.87 Å². The lowest BCUT2D eigenvalue weighted by molar-refractivity contribution is -0.122. The van der Waals surface area contributed by atoms with Gasteiger partial charge in [0.15, 0.2) is 4.80 Å². The number of aryl methyl sites for hydroxylation is 1. The monoisotopic (exact) mass is 499 g/mol. The fourth-order valence-corrected chi connectivity index (χ4v) is 7.90. The molecule has 1 aliphatic rings. The van der Waals surface area contributed by atoms with Crippen LogP contribution in [0, 0.1) is 5.92 Å². The number of aromatic nitrogens is 1. The second kappa shape index (κ2) is 9.03. The van der Waals surface area contributed by atoms with Crippen molar-refractivity contribution < 1.29 is 17.9 Å². The average molecular weight is 500 g/mol. The maximum atomic E-state index is 12.9. The zero-order valence-electron chi connectivity index (χ0n) is 17.1. The zero-order chi connectivity index (χ0) is 22.2. The van der Waals surface area contributed by atoms with E-state index in [1.54, 1.807) is 13.2 Å². The minimum absolute atomic E-state index is 0.197. The summed E-state index contributed by atoms with van der Waals surface area (Å²) in [6.45, 7) is 3.29. The Morgan fingerprint density at radius 3 is 2.58 bits per heavy atom. The lowest BCUT2D eigenvalue weighted by Crippen LogP contribution is -2.40. The van der Waals surface area contributed by atoms with Gasteiger partial charge in [-0.2, -0.15) is 9.30 Å². The van der Waals surface area contributed by atoms with Gasteiger partial charge >= 0.3 is 0 Å². The van der Waals surface area contributed by atoms with E-state index in [1.807, 2.05) is 29.7 Å². The van der Waals surface area contributed by atoms with E-state index in [4.69, 9.17) is 16.3 Å². The predicted octanol–water partition coefficient (Wildman–Crippen LogP) is 3.97. The van der Waals surface area contributed by atoms with Crippen LogP contribution in [0.4, 0.5) is 0 Å². The Labute approximate surface area is 193 Å². The molecule has 0 aliphatic carbocycles. The van der Waals surface area contributed by atoms with Crippen LogP contribution in [0.5, 0.6) is 5.75 Å². The molecule has 0 spiro atoms. The molecular weight excluding hydrogens is 478 g/mol. The summed E-state index contributed by atoms with van der Waals surface area (Å²) in [5.74, 6) is 0.274. The Bertz CT molecular complexity index is 1280. The number of nitrogens with zero attached hydrogens (tertiary/aromatic N) is 3. The summed E-state index contributed by atoms with van der Waals surface area (Å²) in [5.41, 5.74) is 1.01. The van der Waals surface area contributed by atoms with Crippen molar-refractivity contribution >= 4 is 60.4 Å². The first kappa shape index (κ1) is 22.5. The third-order valence-electron chi connectivity index (χ3n) is 5.36. The van der Waals surface area contributed by atoms with Gasteiger partial charge in [-0.05, 0) is 50.1 Å². The van der Waals surface area contributed by atoms with Crippen molar-refractivity contribution in [2.45, 2.75) is 30.5 Å². The van der Waals surface area contributed by atoms with E-state index in [0.717, 1.165) is 27.3 Å². The van der Waals surface area contributed by atoms with E-state index in [0.29, 0.717) is 41.6 Å². The number of ether oxygens (including phenoxy) is 1. The molecule has 4 rings (SSSR count). The van der Waals surface area contributed by atoms with Crippen LogP contribution in [-0.2, 0) is 21.4 Å². The van der Waals surface area contributed by atoms with E-state index in [2.05, 4.69) is 4.99 Å². The van der Waals surface area contributed by atoms with Crippen molar-refractivity contribution in [2.24, 2.45) is 10.9 Å². The molecule has 0 unspecified atom stereocenters. The minimum atomic E-state index is -3.57. The summed E-state index contributed by atoms with van der Waals surface area (Å²) in [4.78, 5) is 17.9. The van der Waals surface area contributed by atoms with Gasteiger partial charge in [0.1, 0.15) is 9.96 Å².